The lowest BCUT2D eigenvalue weighted by molar-refractivity contribution is 0.262. The Balaban J connectivity index is 1.35. The highest BCUT2D eigenvalue weighted by molar-refractivity contribution is 6.66. The van der Waals surface area contributed by atoms with Gasteiger partial charge in [0.05, 0.1) is 12.8 Å². The summed E-state index contributed by atoms with van der Waals surface area (Å²) in [6.07, 6.45) is 5.36. The molecule has 0 aliphatic carbocycles. The number of hydrogen-bond acceptors (Lipinski definition) is 5. The maximum Gasteiger partial charge on any atom is 0.323 e. The van der Waals surface area contributed by atoms with Crippen LogP contribution in [0.4, 0.5) is 21.9 Å². The minimum absolute atomic E-state index is 0.282. The van der Waals surface area contributed by atoms with Crippen molar-refractivity contribution < 1.29 is 14.3 Å². The number of nitrogens with one attached hydrogen (secondary N) is 2. The number of hydrogen-bond donors (Lipinski definition) is 2. The lowest BCUT2D eigenvalue weighted by Gasteiger charge is -2.20. The normalized spacial score (nSPS) is 12.3. The largest absolute Gasteiger partial charge is 0.495 e. The van der Waals surface area contributed by atoms with Gasteiger partial charge in [-0.1, -0.05) is 17.7 Å². The first-order valence-electron chi connectivity index (χ1n) is 11.2. The molecule has 2 aromatic carbocycles. The fraction of sp³-hybridized carbons (Fsp3) is 0.160. The van der Waals surface area contributed by atoms with Gasteiger partial charge < -0.3 is 29.5 Å². The van der Waals surface area contributed by atoms with E-state index < -0.39 is 0 Å². The molecule has 2 amide bonds. The van der Waals surface area contributed by atoms with Gasteiger partial charge in [-0.15, -0.1) is 0 Å². The number of halogens is 1. The van der Waals surface area contributed by atoms with Crippen molar-refractivity contribution in [2.45, 2.75) is 13.0 Å². The molecule has 8 nitrogen and oxygen atoms in total. The maximum absolute atomic E-state index is 12.8. The van der Waals surface area contributed by atoms with Crippen molar-refractivity contribution in [1.82, 2.24) is 9.46 Å². The Morgan fingerprint density at radius 3 is 2.89 bits per heavy atom. The molecule has 35 heavy (non-hydrogen) atoms. The number of anilines is 3. The van der Waals surface area contributed by atoms with Crippen molar-refractivity contribution >= 4 is 59.3 Å². The predicted octanol–water partition coefficient (Wildman–Crippen LogP) is 4.29. The molecule has 0 bridgehead atoms. The summed E-state index contributed by atoms with van der Waals surface area (Å²) < 4.78 is 7.16. The minimum Gasteiger partial charge on any atom is -0.495 e. The Morgan fingerprint density at radius 2 is 2.06 bits per heavy atom. The van der Waals surface area contributed by atoms with E-state index in [-0.39, 0.29) is 13.4 Å². The van der Waals surface area contributed by atoms with Gasteiger partial charge in [-0.25, -0.2) is 9.78 Å². The van der Waals surface area contributed by atoms with Gasteiger partial charge >= 0.3 is 13.4 Å². The smallest absolute Gasteiger partial charge is 0.323 e. The van der Waals surface area contributed by atoms with Crippen molar-refractivity contribution in [2.24, 2.45) is 0 Å². The Hall–Kier alpha value is -3.98. The third-order valence-electron chi connectivity index (χ3n) is 6.17. The first-order valence-corrected chi connectivity index (χ1v) is 11.6. The number of nitrogens with zero attached hydrogens (tertiary/aromatic N) is 3. The van der Waals surface area contributed by atoms with Gasteiger partial charge in [-0.05, 0) is 60.6 Å². The van der Waals surface area contributed by atoms with Crippen molar-refractivity contribution in [1.29, 1.82) is 0 Å². The van der Waals surface area contributed by atoms with Crippen LogP contribution in [0.2, 0.25) is 5.02 Å². The third kappa shape index (κ3) is 4.55. The molecule has 0 fully saturated rings. The van der Waals surface area contributed by atoms with E-state index in [9.17, 15) is 9.59 Å². The highest BCUT2D eigenvalue weighted by Crippen LogP contribution is 2.36. The maximum atomic E-state index is 12.8. The van der Waals surface area contributed by atoms with E-state index in [1.54, 1.807) is 31.5 Å². The van der Waals surface area contributed by atoms with Crippen LogP contribution in [0.15, 0.2) is 60.9 Å². The number of rotatable bonds is 7. The number of carbonyl (C=O) groups excluding carboxylic acids is 2. The van der Waals surface area contributed by atoms with E-state index in [0.29, 0.717) is 23.0 Å². The summed E-state index contributed by atoms with van der Waals surface area (Å²) in [7, 11) is 1.82. The molecule has 0 atom stereocenters. The van der Waals surface area contributed by atoms with Gasteiger partial charge in [-0.2, -0.15) is 0 Å². The molecule has 4 aromatic rings. The second-order valence-corrected chi connectivity index (χ2v) is 8.68. The number of ether oxygens (including phenoxy) is 1. The third-order valence-corrected chi connectivity index (χ3v) is 6.40. The Morgan fingerprint density at radius 1 is 1.20 bits per heavy atom. The van der Waals surface area contributed by atoms with E-state index >= 15 is 0 Å². The van der Waals surface area contributed by atoms with Crippen LogP contribution in [-0.2, 0) is 17.8 Å². The molecular formula is C25H23BClN5O3. The highest BCUT2D eigenvalue weighted by Gasteiger charge is 2.23. The van der Waals surface area contributed by atoms with E-state index in [0.717, 1.165) is 52.7 Å². The summed E-state index contributed by atoms with van der Waals surface area (Å²) in [6.45, 7) is 1.53. The zero-order chi connectivity index (χ0) is 24.4. The molecule has 1 aliphatic heterocycles. The summed E-state index contributed by atoms with van der Waals surface area (Å²) in [4.78, 5) is 30.5. The number of urea groups is 1. The van der Waals surface area contributed by atoms with E-state index in [2.05, 4.69) is 26.6 Å². The molecule has 2 N–H and O–H groups in total. The summed E-state index contributed by atoms with van der Waals surface area (Å²) in [6, 6.07) is 14.6. The zero-order valence-electron chi connectivity index (χ0n) is 19.1. The zero-order valence-corrected chi connectivity index (χ0v) is 19.9. The van der Waals surface area contributed by atoms with Gasteiger partial charge in [0.2, 0.25) is 0 Å². The fourth-order valence-corrected chi connectivity index (χ4v) is 4.73. The molecule has 3 heterocycles. The van der Waals surface area contributed by atoms with Gasteiger partial charge in [0.25, 0.3) is 0 Å². The number of fused-ring (bicyclic) bond motifs is 2. The quantitative estimate of drug-likeness (QED) is 0.300. The van der Waals surface area contributed by atoms with Crippen molar-refractivity contribution in [3.63, 3.8) is 0 Å². The lowest BCUT2D eigenvalue weighted by atomic mass is 9.98. The number of carbonyl (C=O) groups is 2. The summed E-state index contributed by atoms with van der Waals surface area (Å²) in [5.74, 6) is 0.527. The molecule has 5 rings (SSSR count). The molecular weight excluding hydrogens is 465 g/mol. The lowest BCUT2D eigenvalue weighted by Crippen LogP contribution is -2.21. The Bertz CT molecular complexity index is 1420. The predicted molar refractivity (Wildman–Crippen MR) is 141 cm³/mol. The first-order chi connectivity index (χ1) is 17.1. The van der Waals surface area contributed by atoms with E-state index in [1.807, 2.05) is 34.9 Å². The second-order valence-electron chi connectivity index (χ2n) is 8.24. The average molecular weight is 488 g/mol. The van der Waals surface area contributed by atoms with Crippen LogP contribution >= 0.6 is 11.6 Å². The average Bonchev–Trinajstić information content (AvgIpc) is 3.45. The molecule has 0 spiro atoms. The topological polar surface area (TPSA) is 88.5 Å². The molecule has 2 aromatic heterocycles. The van der Waals surface area contributed by atoms with Crippen molar-refractivity contribution in [2.75, 3.05) is 29.2 Å². The van der Waals surface area contributed by atoms with Gasteiger partial charge in [-0.3, -0.25) is 0 Å². The summed E-state index contributed by atoms with van der Waals surface area (Å²) in [5.41, 5.74) is 5.37. The molecule has 176 valence electrons. The van der Waals surface area contributed by atoms with Gasteiger partial charge in [0.15, 0.2) is 0 Å². The molecule has 0 unspecified atom stereocenters. The monoisotopic (exact) mass is 487 g/mol. The standard InChI is InChI=1S/C25H23BClN5O3/c1-35-23-6-5-17(27)13-21(23)30-25(34)29-20-3-2-4-22-19(20)8-11-31(22)14-16-7-10-28-24-18(16)9-12-32(24)26-15-33/h2-7,9-10,12-13,15,26H,8,11,14H2,1H3,(H2,29,30,34). The highest BCUT2D eigenvalue weighted by atomic mass is 35.5. The molecule has 0 radical (unpaired) electrons. The number of benzene rings is 2. The molecule has 10 heteroatoms. The van der Waals surface area contributed by atoms with Crippen LogP contribution in [-0.4, -0.2) is 42.7 Å². The first kappa shape index (κ1) is 22.8. The van der Waals surface area contributed by atoms with Crippen LogP contribution < -0.4 is 20.3 Å². The fourth-order valence-electron chi connectivity index (χ4n) is 4.55. The van der Waals surface area contributed by atoms with Crippen LogP contribution in [0.3, 0.4) is 0 Å². The number of aromatic nitrogens is 2. The van der Waals surface area contributed by atoms with E-state index in [1.165, 1.54) is 0 Å². The number of amides is 2. The van der Waals surface area contributed by atoms with Gasteiger partial charge in [0.1, 0.15) is 17.6 Å². The Kier molecular flexibility index (Phi) is 6.33. The van der Waals surface area contributed by atoms with Crippen LogP contribution in [0, 0.1) is 0 Å². The number of pyridine rings is 1. The van der Waals surface area contributed by atoms with Crippen molar-refractivity contribution in [3.05, 3.63) is 77.1 Å². The Labute approximate surface area is 208 Å². The van der Waals surface area contributed by atoms with Crippen LogP contribution in [0.1, 0.15) is 11.1 Å². The van der Waals surface area contributed by atoms with Crippen LogP contribution in [0.5, 0.6) is 5.75 Å². The SMILES string of the molecule is COc1ccc(Cl)cc1NC(=O)Nc1cccc2c1CCN2Cc1ccnc2c1ccn2BC=O. The van der Waals surface area contributed by atoms with Crippen LogP contribution in [0.25, 0.3) is 11.0 Å². The van der Waals surface area contributed by atoms with Crippen molar-refractivity contribution in [3.8, 4) is 5.75 Å². The van der Waals surface area contributed by atoms with E-state index in [4.69, 9.17) is 16.3 Å². The second kappa shape index (κ2) is 9.72. The molecule has 0 saturated carbocycles. The van der Waals surface area contributed by atoms with Gasteiger partial charge in [0, 0.05) is 46.6 Å². The number of methoxy groups -OCH3 is 1. The molecule has 0 saturated heterocycles. The molecule has 1 aliphatic rings. The minimum atomic E-state index is -0.371. The summed E-state index contributed by atoms with van der Waals surface area (Å²) in [5, 5.41) is 7.33. The summed E-state index contributed by atoms with van der Waals surface area (Å²) >= 11 is 6.08.